The van der Waals surface area contributed by atoms with E-state index >= 15 is 0 Å². The normalized spacial score (nSPS) is 12.2. The molecule has 0 saturated heterocycles. The van der Waals surface area contributed by atoms with Crippen LogP contribution >= 0.6 is 23.2 Å². The molecule has 4 heteroatoms. The van der Waals surface area contributed by atoms with Crippen LogP contribution in [-0.2, 0) is 6.42 Å². The highest BCUT2D eigenvalue weighted by molar-refractivity contribution is 6.31. The number of hydrogen-bond acceptors (Lipinski definition) is 2. The lowest BCUT2D eigenvalue weighted by molar-refractivity contribution is 0.734. The van der Waals surface area contributed by atoms with E-state index in [2.05, 4.69) is 24.9 Å². The van der Waals surface area contributed by atoms with Crippen molar-refractivity contribution in [3.63, 3.8) is 0 Å². The van der Waals surface area contributed by atoms with Crippen LogP contribution in [0.15, 0.2) is 42.5 Å². The molecule has 0 heterocycles. The maximum Gasteiger partial charge on any atom is 0.0525 e. The molecule has 2 N–H and O–H groups in total. The second-order valence-electron chi connectivity index (χ2n) is 5.12. The third kappa shape index (κ3) is 3.70. The molecule has 0 radical (unpaired) electrons. The van der Waals surface area contributed by atoms with Crippen LogP contribution in [0.25, 0.3) is 0 Å². The quantitative estimate of drug-likeness (QED) is 0.865. The van der Waals surface area contributed by atoms with Crippen LogP contribution in [-0.4, -0.2) is 13.6 Å². The van der Waals surface area contributed by atoms with Crippen LogP contribution in [0.3, 0.4) is 0 Å². The number of benzene rings is 2. The fourth-order valence-electron chi connectivity index (χ4n) is 2.49. The number of rotatable bonds is 5. The van der Waals surface area contributed by atoms with Gasteiger partial charge < -0.3 is 10.6 Å². The second-order valence-corrected chi connectivity index (χ2v) is 5.96. The van der Waals surface area contributed by atoms with Gasteiger partial charge in [-0.1, -0.05) is 41.4 Å². The molecule has 0 aliphatic rings. The number of nitrogens with zero attached hydrogens (tertiary/aromatic N) is 1. The summed E-state index contributed by atoms with van der Waals surface area (Å²) in [4.78, 5) is 2.21. The molecule has 0 fully saturated rings. The van der Waals surface area contributed by atoms with Crippen molar-refractivity contribution in [1.29, 1.82) is 0 Å². The van der Waals surface area contributed by atoms with Gasteiger partial charge in [-0.25, -0.2) is 0 Å². The summed E-state index contributed by atoms with van der Waals surface area (Å²) in [7, 11) is 2.07. The summed E-state index contributed by atoms with van der Waals surface area (Å²) in [5.74, 6) is 0. The molecular formula is C17H20Cl2N2. The highest BCUT2D eigenvalue weighted by atomic mass is 35.5. The van der Waals surface area contributed by atoms with Gasteiger partial charge in [0.25, 0.3) is 0 Å². The number of hydrogen-bond donors (Lipinski definition) is 1. The smallest absolute Gasteiger partial charge is 0.0525 e. The average Bonchev–Trinajstić information content (AvgIpc) is 2.47. The van der Waals surface area contributed by atoms with Gasteiger partial charge in [-0.05, 0) is 55.3 Å². The van der Waals surface area contributed by atoms with E-state index in [1.807, 2.05) is 36.4 Å². The lowest BCUT2D eigenvalue weighted by atomic mass is 10.0. The molecule has 2 nitrogen and oxygen atoms in total. The summed E-state index contributed by atoms with van der Waals surface area (Å²) in [5, 5.41) is 1.52. The van der Waals surface area contributed by atoms with E-state index in [1.165, 1.54) is 0 Å². The zero-order chi connectivity index (χ0) is 15.4. The van der Waals surface area contributed by atoms with Gasteiger partial charge in [0.05, 0.1) is 6.04 Å². The molecule has 2 rings (SSSR count). The summed E-state index contributed by atoms with van der Waals surface area (Å²) in [6, 6.07) is 14.0. The lowest BCUT2D eigenvalue weighted by Crippen LogP contribution is -2.23. The van der Waals surface area contributed by atoms with E-state index in [9.17, 15) is 0 Å². The van der Waals surface area contributed by atoms with Gasteiger partial charge in [0.15, 0.2) is 0 Å². The molecule has 0 bridgehead atoms. The standard InChI is InChI=1S/C17H20Cl2N2/c1-12(15-5-3-4-6-16(15)19)21(2)17-8-7-14(18)11-13(17)9-10-20/h3-8,11-12H,9-10,20H2,1-2H3. The van der Waals surface area contributed by atoms with Crippen molar-refractivity contribution in [2.24, 2.45) is 5.73 Å². The van der Waals surface area contributed by atoms with Crippen molar-refractivity contribution >= 4 is 28.9 Å². The van der Waals surface area contributed by atoms with E-state index in [0.29, 0.717) is 6.54 Å². The van der Waals surface area contributed by atoms with Crippen LogP contribution in [0.4, 0.5) is 5.69 Å². The number of halogens is 2. The highest BCUT2D eigenvalue weighted by Gasteiger charge is 2.17. The third-order valence-corrected chi connectivity index (χ3v) is 4.35. The number of nitrogens with two attached hydrogens (primary N) is 1. The van der Waals surface area contributed by atoms with Gasteiger partial charge in [-0.2, -0.15) is 0 Å². The molecule has 21 heavy (non-hydrogen) atoms. The Hall–Kier alpha value is -1.22. The Labute approximate surface area is 136 Å². The molecule has 0 spiro atoms. The number of anilines is 1. The first kappa shape index (κ1) is 16.2. The zero-order valence-corrected chi connectivity index (χ0v) is 13.8. The molecule has 0 aromatic heterocycles. The minimum absolute atomic E-state index is 0.163. The fraction of sp³-hybridized carbons (Fsp3) is 0.294. The molecular weight excluding hydrogens is 303 g/mol. The summed E-state index contributed by atoms with van der Waals surface area (Å²) >= 11 is 12.4. The Morgan fingerprint density at radius 1 is 1.14 bits per heavy atom. The largest absolute Gasteiger partial charge is 0.368 e. The predicted octanol–water partition coefficient (Wildman–Crippen LogP) is 4.69. The van der Waals surface area contributed by atoms with Gasteiger partial charge >= 0.3 is 0 Å². The van der Waals surface area contributed by atoms with Gasteiger partial charge in [0.1, 0.15) is 0 Å². The Balaban J connectivity index is 2.35. The van der Waals surface area contributed by atoms with E-state index < -0.39 is 0 Å². The van der Waals surface area contributed by atoms with Gasteiger partial charge in [0, 0.05) is 22.8 Å². The van der Waals surface area contributed by atoms with E-state index in [1.54, 1.807) is 0 Å². The first-order chi connectivity index (χ1) is 10.0. The van der Waals surface area contributed by atoms with Crippen molar-refractivity contribution in [3.05, 3.63) is 63.6 Å². The molecule has 1 atom stereocenters. The monoisotopic (exact) mass is 322 g/mol. The van der Waals surface area contributed by atoms with Gasteiger partial charge in [-0.15, -0.1) is 0 Å². The van der Waals surface area contributed by atoms with Gasteiger partial charge in [0.2, 0.25) is 0 Å². The average molecular weight is 323 g/mol. The van der Waals surface area contributed by atoms with Crippen molar-refractivity contribution in [2.45, 2.75) is 19.4 Å². The van der Waals surface area contributed by atoms with Crippen LogP contribution in [0, 0.1) is 0 Å². The lowest BCUT2D eigenvalue weighted by Gasteiger charge is -2.30. The molecule has 2 aromatic rings. The van der Waals surface area contributed by atoms with Crippen molar-refractivity contribution in [1.82, 2.24) is 0 Å². The minimum Gasteiger partial charge on any atom is -0.368 e. The van der Waals surface area contributed by atoms with E-state index in [-0.39, 0.29) is 6.04 Å². The second kappa shape index (κ2) is 7.17. The molecule has 2 aromatic carbocycles. The highest BCUT2D eigenvalue weighted by Crippen LogP contribution is 2.32. The van der Waals surface area contributed by atoms with Crippen molar-refractivity contribution < 1.29 is 0 Å². The Morgan fingerprint density at radius 2 is 1.86 bits per heavy atom. The van der Waals surface area contributed by atoms with Crippen LogP contribution in [0.1, 0.15) is 24.1 Å². The zero-order valence-electron chi connectivity index (χ0n) is 12.3. The third-order valence-electron chi connectivity index (χ3n) is 3.77. The molecule has 0 saturated carbocycles. The maximum atomic E-state index is 6.31. The Morgan fingerprint density at radius 3 is 2.52 bits per heavy atom. The summed E-state index contributed by atoms with van der Waals surface area (Å²) in [6.45, 7) is 2.74. The first-order valence-corrected chi connectivity index (χ1v) is 7.76. The maximum absolute atomic E-state index is 6.31. The Bertz CT molecular complexity index is 613. The van der Waals surface area contributed by atoms with E-state index in [0.717, 1.165) is 33.3 Å². The SMILES string of the molecule is CC(c1ccccc1Cl)N(C)c1ccc(Cl)cc1CCN. The molecule has 0 aliphatic heterocycles. The summed E-state index contributed by atoms with van der Waals surface area (Å²) < 4.78 is 0. The molecule has 0 aliphatic carbocycles. The van der Waals surface area contributed by atoms with E-state index in [4.69, 9.17) is 28.9 Å². The van der Waals surface area contributed by atoms with Crippen molar-refractivity contribution in [3.8, 4) is 0 Å². The molecule has 0 amide bonds. The molecule has 112 valence electrons. The molecule has 1 unspecified atom stereocenters. The Kier molecular flexibility index (Phi) is 5.51. The van der Waals surface area contributed by atoms with Crippen molar-refractivity contribution in [2.75, 3.05) is 18.5 Å². The first-order valence-electron chi connectivity index (χ1n) is 7.00. The minimum atomic E-state index is 0.163. The van der Waals surface area contributed by atoms with Crippen LogP contribution < -0.4 is 10.6 Å². The van der Waals surface area contributed by atoms with Gasteiger partial charge in [-0.3, -0.25) is 0 Å². The van der Waals surface area contributed by atoms with Crippen LogP contribution in [0.2, 0.25) is 10.0 Å². The summed E-state index contributed by atoms with van der Waals surface area (Å²) in [5.41, 5.74) is 9.11. The topological polar surface area (TPSA) is 29.3 Å². The fourth-order valence-corrected chi connectivity index (χ4v) is 2.97. The summed E-state index contributed by atoms with van der Waals surface area (Å²) in [6.07, 6.45) is 0.801. The van der Waals surface area contributed by atoms with Crippen LogP contribution in [0.5, 0.6) is 0 Å². The predicted molar refractivity (Wildman–Crippen MR) is 92.5 cm³/mol.